The molecule has 0 aliphatic heterocycles. The Morgan fingerprint density at radius 1 is 1.37 bits per heavy atom. The quantitative estimate of drug-likeness (QED) is 0.910. The summed E-state index contributed by atoms with van der Waals surface area (Å²) < 4.78 is 5.53. The molecule has 19 heavy (non-hydrogen) atoms. The molecule has 1 N–H and O–H groups in total. The molecule has 1 aromatic carbocycles. The number of pyridine rings is 1. The number of hydrogen-bond donors (Lipinski definition) is 1. The topological polar surface area (TPSA) is 83.2 Å². The minimum absolute atomic E-state index is 0.206. The van der Waals surface area contributed by atoms with Gasteiger partial charge in [0, 0.05) is 12.3 Å². The van der Waals surface area contributed by atoms with Crippen LogP contribution in [0.3, 0.4) is 0 Å². The molecular weight excluding hydrogens is 244 g/mol. The van der Waals surface area contributed by atoms with E-state index in [9.17, 15) is 4.79 Å². The van der Waals surface area contributed by atoms with E-state index in [-0.39, 0.29) is 5.56 Å². The first kappa shape index (κ1) is 12.6. The zero-order chi connectivity index (χ0) is 13.8. The van der Waals surface area contributed by atoms with Crippen LogP contribution in [0.15, 0.2) is 36.5 Å². The number of aromatic carboxylic acids is 1. The minimum atomic E-state index is -0.980. The van der Waals surface area contributed by atoms with Crippen molar-refractivity contribution in [2.45, 2.75) is 6.92 Å². The molecule has 1 aromatic heterocycles. The number of nitriles is 1. The van der Waals surface area contributed by atoms with Gasteiger partial charge in [0.25, 0.3) is 0 Å². The maximum atomic E-state index is 10.8. The van der Waals surface area contributed by atoms with Gasteiger partial charge in [-0.05, 0) is 36.8 Å². The van der Waals surface area contributed by atoms with Gasteiger partial charge in [-0.25, -0.2) is 9.78 Å². The Kier molecular flexibility index (Phi) is 3.44. The lowest BCUT2D eigenvalue weighted by atomic mass is 10.1. The number of aryl methyl sites for hydroxylation is 1. The van der Waals surface area contributed by atoms with E-state index in [4.69, 9.17) is 15.1 Å². The van der Waals surface area contributed by atoms with E-state index >= 15 is 0 Å². The van der Waals surface area contributed by atoms with E-state index in [1.807, 2.05) is 6.07 Å². The fourth-order valence-corrected chi connectivity index (χ4v) is 1.52. The normalized spacial score (nSPS) is 9.68. The summed E-state index contributed by atoms with van der Waals surface area (Å²) in [4.78, 5) is 14.8. The van der Waals surface area contributed by atoms with Crippen LogP contribution < -0.4 is 4.74 Å². The first-order valence-corrected chi connectivity index (χ1v) is 5.48. The van der Waals surface area contributed by atoms with Crippen LogP contribution >= 0.6 is 0 Å². The maximum Gasteiger partial charge on any atom is 0.335 e. The monoisotopic (exact) mass is 254 g/mol. The average molecular weight is 254 g/mol. The Labute approximate surface area is 109 Å². The summed E-state index contributed by atoms with van der Waals surface area (Å²) in [5, 5.41) is 17.5. The molecule has 0 amide bonds. The molecular formula is C14H10N2O3. The predicted molar refractivity (Wildman–Crippen MR) is 67.2 cm³/mol. The summed E-state index contributed by atoms with van der Waals surface area (Å²) in [6.45, 7) is 1.76. The first-order valence-electron chi connectivity index (χ1n) is 5.48. The number of carboxylic acid groups (broad SMARTS) is 1. The van der Waals surface area contributed by atoms with Crippen molar-refractivity contribution in [2.24, 2.45) is 0 Å². The lowest BCUT2D eigenvalue weighted by Crippen LogP contribution is -1.98. The van der Waals surface area contributed by atoms with Crippen molar-refractivity contribution in [3.05, 3.63) is 53.2 Å². The Bertz CT molecular complexity index is 657. The van der Waals surface area contributed by atoms with Gasteiger partial charge in [0.2, 0.25) is 5.88 Å². The number of nitrogens with zero attached hydrogens (tertiary/aromatic N) is 2. The van der Waals surface area contributed by atoms with Crippen molar-refractivity contribution in [1.82, 2.24) is 4.98 Å². The molecule has 1 heterocycles. The summed E-state index contributed by atoms with van der Waals surface area (Å²) in [5.74, 6) is -0.0986. The third-order valence-corrected chi connectivity index (χ3v) is 2.50. The molecule has 5 nitrogen and oxygen atoms in total. The highest BCUT2D eigenvalue weighted by Gasteiger charge is 2.07. The Morgan fingerprint density at radius 3 is 2.68 bits per heavy atom. The Hall–Kier alpha value is -2.87. The number of carboxylic acids is 1. The number of aromatic nitrogens is 1. The van der Waals surface area contributed by atoms with Crippen molar-refractivity contribution >= 4 is 5.97 Å². The molecule has 2 rings (SSSR count). The molecule has 0 aliphatic carbocycles. The van der Waals surface area contributed by atoms with E-state index in [0.29, 0.717) is 22.8 Å². The summed E-state index contributed by atoms with van der Waals surface area (Å²) >= 11 is 0. The van der Waals surface area contributed by atoms with Crippen LogP contribution in [0.5, 0.6) is 11.6 Å². The van der Waals surface area contributed by atoms with Gasteiger partial charge < -0.3 is 9.84 Å². The SMILES string of the molecule is Cc1cc(C(=O)O)ccc1Oc1ccc(C#N)cn1. The highest BCUT2D eigenvalue weighted by Crippen LogP contribution is 2.24. The molecule has 0 aliphatic rings. The molecule has 0 saturated carbocycles. The summed E-state index contributed by atoms with van der Waals surface area (Å²) in [6, 6.07) is 9.73. The second kappa shape index (κ2) is 5.19. The fraction of sp³-hybridized carbons (Fsp3) is 0.0714. The van der Waals surface area contributed by atoms with E-state index in [1.165, 1.54) is 18.3 Å². The number of ether oxygens (including phenoxy) is 1. The van der Waals surface area contributed by atoms with Gasteiger partial charge in [-0.3, -0.25) is 0 Å². The van der Waals surface area contributed by atoms with Crippen LogP contribution in [0.2, 0.25) is 0 Å². The van der Waals surface area contributed by atoms with Gasteiger partial charge in [-0.15, -0.1) is 0 Å². The number of carbonyl (C=O) groups is 1. The van der Waals surface area contributed by atoms with Crippen LogP contribution in [0.25, 0.3) is 0 Å². The zero-order valence-electron chi connectivity index (χ0n) is 10.1. The lowest BCUT2D eigenvalue weighted by Gasteiger charge is -2.08. The second-order valence-corrected chi connectivity index (χ2v) is 3.88. The number of benzene rings is 1. The minimum Gasteiger partial charge on any atom is -0.478 e. The third kappa shape index (κ3) is 2.87. The van der Waals surface area contributed by atoms with Crippen molar-refractivity contribution in [2.75, 3.05) is 0 Å². The lowest BCUT2D eigenvalue weighted by molar-refractivity contribution is 0.0697. The van der Waals surface area contributed by atoms with Gasteiger partial charge in [0.1, 0.15) is 11.8 Å². The van der Waals surface area contributed by atoms with Gasteiger partial charge in [-0.2, -0.15) is 5.26 Å². The molecule has 0 unspecified atom stereocenters. The fourth-order valence-electron chi connectivity index (χ4n) is 1.52. The largest absolute Gasteiger partial charge is 0.478 e. The summed E-state index contributed by atoms with van der Waals surface area (Å²) in [5.41, 5.74) is 1.36. The smallest absolute Gasteiger partial charge is 0.335 e. The van der Waals surface area contributed by atoms with Gasteiger partial charge in [0.05, 0.1) is 11.1 Å². The molecule has 0 radical (unpaired) electrons. The van der Waals surface area contributed by atoms with Gasteiger partial charge >= 0.3 is 5.97 Å². The molecule has 0 bridgehead atoms. The van der Waals surface area contributed by atoms with E-state index in [1.54, 1.807) is 25.1 Å². The molecule has 0 spiro atoms. The van der Waals surface area contributed by atoms with Crippen LogP contribution in [-0.4, -0.2) is 16.1 Å². The van der Waals surface area contributed by atoms with Gasteiger partial charge in [-0.1, -0.05) is 0 Å². The zero-order valence-corrected chi connectivity index (χ0v) is 10.1. The molecule has 0 atom stereocenters. The van der Waals surface area contributed by atoms with Crippen molar-refractivity contribution in [1.29, 1.82) is 5.26 Å². The Balaban J connectivity index is 2.23. The van der Waals surface area contributed by atoms with Crippen molar-refractivity contribution < 1.29 is 14.6 Å². The third-order valence-electron chi connectivity index (χ3n) is 2.50. The molecule has 2 aromatic rings. The first-order chi connectivity index (χ1) is 9.10. The van der Waals surface area contributed by atoms with Crippen LogP contribution in [-0.2, 0) is 0 Å². The van der Waals surface area contributed by atoms with Crippen LogP contribution in [0, 0.1) is 18.3 Å². The molecule has 94 valence electrons. The van der Waals surface area contributed by atoms with Gasteiger partial charge in [0.15, 0.2) is 0 Å². The molecule has 0 saturated heterocycles. The number of hydrogen-bond acceptors (Lipinski definition) is 4. The van der Waals surface area contributed by atoms with Crippen LogP contribution in [0.1, 0.15) is 21.5 Å². The second-order valence-electron chi connectivity index (χ2n) is 3.88. The molecule has 5 heteroatoms. The number of rotatable bonds is 3. The van der Waals surface area contributed by atoms with E-state index < -0.39 is 5.97 Å². The predicted octanol–water partition coefficient (Wildman–Crippen LogP) is 2.75. The van der Waals surface area contributed by atoms with Crippen molar-refractivity contribution in [3.63, 3.8) is 0 Å². The highest BCUT2D eigenvalue weighted by atomic mass is 16.5. The average Bonchev–Trinajstić information content (AvgIpc) is 2.41. The summed E-state index contributed by atoms with van der Waals surface area (Å²) in [7, 11) is 0. The highest BCUT2D eigenvalue weighted by molar-refractivity contribution is 5.88. The van der Waals surface area contributed by atoms with Crippen LogP contribution in [0.4, 0.5) is 0 Å². The maximum absolute atomic E-state index is 10.8. The Morgan fingerprint density at radius 2 is 2.16 bits per heavy atom. The summed E-state index contributed by atoms with van der Waals surface area (Å²) in [6.07, 6.45) is 1.41. The van der Waals surface area contributed by atoms with E-state index in [0.717, 1.165) is 0 Å². The van der Waals surface area contributed by atoms with Crippen molar-refractivity contribution in [3.8, 4) is 17.7 Å². The molecule has 0 fully saturated rings. The standard InChI is InChI=1S/C14H10N2O3/c1-9-6-11(14(17)18)3-4-12(9)19-13-5-2-10(7-15)8-16-13/h2-6,8H,1H3,(H,17,18). The van der Waals surface area contributed by atoms with E-state index in [2.05, 4.69) is 4.98 Å².